The van der Waals surface area contributed by atoms with E-state index in [1.165, 1.54) is 0 Å². The molecule has 0 aliphatic rings. The summed E-state index contributed by atoms with van der Waals surface area (Å²) in [5.74, 6) is 0.645. The minimum Gasteiger partial charge on any atom is -0.358 e. The van der Waals surface area contributed by atoms with Gasteiger partial charge in [-0.3, -0.25) is 4.79 Å². The Bertz CT molecular complexity index is 433. The van der Waals surface area contributed by atoms with Crippen LogP contribution >= 0.6 is 0 Å². The largest absolute Gasteiger partial charge is 0.358 e. The topological polar surface area (TPSA) is 84.1 Å². The lowest BCUT2D eigenvalue weighted by atomic mass is 10.1. The van der Waals surface area contributed by atoms with E-state index in [4.69, 9.17) is 5.73 Å². The van der Waals surface area contributed by atoms with Crippen molar-refractivity contribution in [2.75, 3.05) is 25.0 Å². The number of aryl methyl sites for hydroxylation is 1. The molecule has 0 spiro atoms. The van der Waals surface area contributed by atoms with Gasteiger partial charge in [-0.25, -0.2) is 0 Å². The number of likely N-dealkylation sites (N-methyl/N-ethyl adjacent to an activating group) is 2. The molecule has 1 rings (SSSR count). The van der Waals surface area contributed by atoms with Crippen LogP contribution in [-0.2, 0) is 11.3 Å². The molecule has 1 aromatic heterocycles. The van der Waals surface area contributed by atoms with E-state index in [1.54, 1.807) is 7.05 Å². The molecule has 0 radical (unpaired) electrons. The van der Waals surface area contributed by atoms with Crippen molar-refractivity contribution >= 4 is 11.7 Å². The van der Waals surface area contributed by atoms with Crippen LogP contribution in [0.3, 0.4) is 0 Å². The molecule has 6 nitrogen and oxygen atoms in total. The first-order valence-corrected chi connectivity index (χ1v) is 6.03. The van der Waals surface area contributed by atoms with E-state index < -0.39 is 0 Å². The Hall–Kier alpha value is -1.69. The molecule has 100 valence electrons. The molecular formula is C12H21N5O. The first-order chi connectivity index (χ1) is 8.54. The lowest BCUT2D eigenvalue weighted by Crippen LogP contribution is -2.37. The molecule has 18 heavy (non-hydrogen) atoms. The molecule has 0 unspecified atom stereocenters. The summed E-state index contributed by atoms with van der Waals surface area (Å²) in [7, 11) is 1.62. The number of nitrogens with two attached hydrogens (primary N) is 1. The maximum absolute atomic E-state index is 11.5. The van der Waals surface area contributed by atoms with Gasteiger partial charge in [0.2, 0.25) is 5.91 Å². The Labute approximate surface area is 108 Å². The van der Waals surface area contributed by atoms with Gasteiger partial charge < -0.3 is 16.0 Å². The van der Waals surface area contributed by atoms with Gasteiger partial charge in [0.15, 0.2) is 5.82 Å². The Morgan fingerprint density at radius 2 is 2.06 bits per heavy atom. The number of nitrogens with zero attached hydrogens (tertiary/aromatic N) is 3. The number of carbonyl (C=O) groups is 1. The fourth-order valence-corrected chi connectivity index (χ4v) is 1.73. The van der Waals surface area contributed by atoms with Crippen LogP contribution < -0.4 is 16.0 Å². The second kappa shape index (κ2) is 6.30. The Morgan fingerprint density at radius 1 is 1.39 bits per heavy atom. The molecule has 0 aliphatic carbocycles. The summed E-state index contributed by atoms with van der Waals surface area (Å²) in [6.07, 6.45) is 0. The van der Waals surface area contributed by atoms with Gasteiger partial charge in [-0.15, -0.1) is 5.10 Å². The van der Waals surface area contributed by atoms with Crippen LogP contribution in [0.25, 0.3) is 0 Å². The fourth-order valence-electron chi connectivity index (χ4n) is 1.73. The smallest absolute Gasteiger partial charge is 0.239 e. The van der Waals surface area contributed by atoms with Crippen molar-refractivity contribution in [3.63, 3.8) is 0 Å². The third kappa shape index (κ3) is 2.95. The minimum atomic E-state index is -0.0557. The van der Waals surface area contributed by atoms with Crippen LogP contribution in [0.5, 0.6) is 0 Å². The van der Waals surface area contributed by atoms with Gasteiger partial charge in [-0.1, -0.05) is 0 Å². The first-order valence-electron chi connectivity index (χ1n) is 6.03. The summed E-state index contributed by atoms with van der Waals surface area (Å²) in [4.78, 5) is 13.3. The number of amides is 1. The molecule has 0 aliphatic heterocycles. The highest BCUT2D eigenvalue weighted by molar-refractivity contribution is 5.81. The van der Waals surface area contributed by atoms with Crippen LogP contribution in [0.2, 0.25) is 0 Å². The number of anilines is 1. The highest BCUT2D eigenvalue weighted by atomic mass is 16.1. The molecule has 3 N–H and O–H groups in total. The lowest BCUT2D eigenvalue weighted by molar-refractivity contribution is -0.119. The summed E-state index contributed by atoms with van der Waals surface area (Å²) >= 11 is 0. The maximum Gasteiger partial charge on any atom is 0.239 e. The third-order valence-electron chi connectivity index (χ3n) is 3.06. The summed E-state index contributed by atoms with van der Waals surface area (Å²) in [6, 6.07) is 0. The molecule has 0 bridgehead atoms. The summed E-state index contributed by atoms with van der Waals surface area (Å²) in [6.45, 7) is 7.18. The second-order valence-corrected chi connectivity index (χ2v) is 4.10. The first kappa shape index (κ1) is 14.4. The van der Waals surface area contributed by atoms with E-state index in [1.807, 2.05) is 25.7 Å². The average molecular weight is 251 g/mol. The Kier molecular flexibility index (Phi) is 5.03. The van der Waals surface area contributed by atoms with Crippen LogP contribution in [0, 0.1) is 13.8 Å². The molecule has 0 fully saturated rings. The number of rotatable bonds is 5. The molecule has 1 heterocycles. The molecule has 0 aromatic carbocycles. The molecule has 0 atom stereocenters. The minimum absolute atomic E-state index is 0.0557. The SMILES string of the molecule is CCN(CC(=O)NC)c1nnc(C)c(C)c1CN. The molecule has 0 saturated carbocycles. The van der Waals surface area contributed by atoms with Crippen molar-refractivity contribution in [2.24, 2.45) is 5.73 Å². The normalized spacial score (nSPS) is 10.3. The van der Waals surface area contributed by atoms with Gasteiger partial charge in [0.05, 0.1) is 12.2 Å². The van der Waals surface area contributed by atoms with Gasteiger partial charge in [0.1, 0.15) is 0 Å². The Morgan fingerprint density at radius 3 is 2.56 bits per heavy atom. The summed E-state index contributed by atoms with van der Waals surface area (Å²) in [5.41, 5.74) is 8.64. The van der Waals surface area contributed by atoms with Crippen molar-refractivity contribution in [1.29, 1.82) is 0 Å². The zero-order valence-corrected chi connectivity index (χ0v) is 11.4. The lowest BCUT2D eigenvalue weighted by Gasteiger charge is -2.24. The Balaban J connectivity index is 3.13. The molecule has 1 amide bonds. The standard InChI is InChI=1S/C12H21N5O/c1-5-17(7-11(18)14-4)12-10(6-13)8(2)9(3)15-16-12/h5-7,13H2,1-4H3,(H,14,18). The maximum atomic E-state index is 11.5. The van der Waals surface area contributed by atoms with Crippen molar-refractivity contribution in [2.45, 2.75) is 27.3 Å². The van der Waals surface area contributed by atoms with Crippen LogP contribution in [0.1, 0.15) is 23.7 Å². The van der Waals surface area contributed by atoms with Gasteiger partial charge in [0.25, 0.3) is 0 Å². The van der Waals surface area contributed by atoms with E-state index in [0.717, 1.165) is 16.8 Å². The summed E-state index contributed by atoms with van der Waals surface area (Å²) in [5, 5.41) is 10.9. The molecule has 1 aromatic rings. The van der Waals surface area contributed by atoms with E-state index >= 15 is 0 Å². The highest BCUT2D eigenvalue weighted by Gasteiger charge is 2.17. The number of aromatic nitrogens is 2. The van der Waals surface area contributed by atoms with E-state index in [0.29, 0.717) is 18.9 Å². The van der Waals surface area contributed by atoms with E-state index in [9.17, 15) is 4.79 Å². The highest BCUT2D eigenvalue weighted by Crippen LogP contribution is 2.21. The average Bonchev–Trinajstić information content (AvgIpc) is 2.38. The number of hydrogen-bond acceptors (Lipinski definition) is 5. The van der Waals surface area contributed by atoms with Gasteiger partial charge in [-0.05, 0) is 26.3 Å². The van der Waals surface area contributed by atoms with Crippen molar-refractivity contribution in [3.05, 3.63) is 16.8 Å². The molecular weight excluding hydrogens is 230 g/mol. The predicted molar refractivity (Wildman–Crippen MR) is 71.4 cm³/mol. The number of hydrogen-bond donors (Lipinski definition) is 2. The predicted octanol–water partition coefficient (Wildman–Crippen LogP) is 0.124. The number of nitrogens with one attached hydrogen (secondary N) is 1. The molecule has 0 saturated heterocycles. The van der Waals surface area contributed by atoms with Crippen LogP contribution in [-0.4, -0.2) is 36.2 Å². The summed E-state index contributed by atoms with van der Waals surface area (Å²) < 4.78 is 0. The van der Waals surface area contributed by atoms with Crippen molar-refractivity contribution in [1.82, 2.24) is 15.5 Å². The van der Waals surface area contributed by atoms with E-state index in [-0.39, 0.29) is 12.5 Å². The van der Waals surface area contributed by atoms with Crippen molar-refractivity contribution < 1.29 is 4.79 Å². The second-order valence-electron chi connectivity index (χ2n) is 4.10. The van der Waals surface area contributed by atoms with Gasteiger partial charge in [0, 0.05) is 25.7 Å². The van der Waals surface area contributed by atoms with Crippen molar-refractivity contribution in [3.8, 4) is 0 Å². The zero-order valence-electron chi connectivity index (χ0n) is 11.4. The quantitative estimate of drug-likeness (QED) is 0.777. The fraction of sp³-hybridized carbons (Fsp3) is 0.583. The van der Waals surface area contributed by atoms with Crippen LogP contribution in [0.4, 0.5) is 5.82 Å². The van der Waals surface area contributed by atoms with Crippen LogP contribution in [0.15, 0.2) is 0 Å². The number of carbonyl (C=O) groups excluding carboxylic acids is 1. The third-order valence-corrected chi connectivity index (χ3v) is 3.06. The zero-order chi connectivity index (χ0) is 13.7. The van der Waals surface area contributed by atoms with Gasteiger partial charge >= 0.3 is 0 Å². The molecule has 6 heteroatoms. The van der Waals surface area contributed by atoms with E-state index in [2.05, 4.69) is 15.5 Å². The van der Waals surface area contributed by atoms with Gasteiger partial charge in [-0.2, -0.15) is 5.10 Å². The monoisotopic (exact) mass is 251 g/mol.